The quantitative estimate of drug-likeness (QED) is 0.749. The van der Waals surface area contributed by atoms with Crippen molar-refractivity contribution in [3.63, 3.8) is 0 Å². The van der Waals surface area contributed by atoms with Crippen molar-refractivity contribution in [3.8, 4) is 6.07 Å². The Bertz CT molecular complexity index is 359. The molecule has 1 rings (SSSR count). The number of anilines is 1. The molecule has 0 amide bonds. The van der Waals surface area contributed by atoms with E-state index in [-0.39, 0.29) is 5.41 Å². The summed E-state index contributed by atoms with van der Waals surface area (Å²) in [5.41, 5.74) is -0.189. The van der Waals surface area contributed by atoms with Crippen molar-refractivity contribution in [1.29, 1.82) is 5.26 Å². The molecule has 0 bridgehead atoms. The van der Waals surface area contributed by atoms with Gasteiger partial charge in [0.1, 0.15) is 5.82 Å². The molecule has 0 unspecified atom stereocenters. The highest BCUT2D eigenvalue weighted by Gasteiger charge is 2.15. The predicted octanol–water partition coefficient (Wildman–Crippen LogP) is 2.55. The van der Waals surface area contributed by atoms with E-state index < -0.39 is 0 Å². The van der Waals surface area contributed by atoms with Crippen LogP contribution in [0.25, 0.3) is 0 Å². The van der Waals surface area contributed by atoms with Gasteiger partial charge in [-0.15, -0.1) is 0 Å². The van der Waals surface area contributed by atoms with E-state index in [0.717, 1.165) is 31.6 Å². The van der Waals surface area contributed by atoms with Crippen LogP contribution in [0.5, 0.6) is 0 Å². The number of unbranched alkanes of at least 4 members (excludes halogenated alkanes) is 1. The Hall–Kier alpha value is -1.50. The first-order valence-corrected chi connectivity index (χ1v) is 5.68. The fraction of sp³-hybridized carbons (Fsp3) is 0.667. The van der Waals surface area contributed by atoms with Gasteiger partial charge in [0.05, 0.1) is 11.5 Å². The molecule has 0 spiro atoms. The van der Waals surface area contributed by atoms with E-state index in [4.69, 9.17) is 5.26 Å². The average molecular weight is 220 g/mol. The molecule has 0 aromatic carbocycles. The lowest BCUT2D eigenvalue weighted by Gasteiger charge is -2.14. The van der Waals surface area contributed by atoms with Crippen LogP contribution in [0.15, 0.2) is 12.3 Å². The summed E-state index contributed by atoms with van der Waals surface area (Å²) in [5, 5.41) is 16.3. The lowest BCUT2D eigenvalue weighted by molar-refractivity contribution is 0.430. The maximum absolute atomic E-state index is 8.85. The molecule has 16 heavy (non-hydrogen) atoms. The Morgan fingerprint density at radius 2 is 2.25 bits per heavy atom. The van der Waals surface area contributed by atoms with Crippen molar-refractivity contribution in [2.24, 2.45) is 12.5 Å². The molecule has 88 valence electrons. The molecule has 0 atom stereocenters. The molecule has 1 aromatic heterocycles. The fourth-order valence-electron chi connectivity index (χ4n) is 1.47. The van der Waals surface area contributed by atoms with Gasteiger partial charge >= 0.3 is 0 Å². The van der Waals surface area contributed by atoms with Crippen LogP contribution in [0.4, 0.5) is 5.82 Å². The highest BCUT2D eigenvalue weighted by molar-refractivity contribution is 5.31. The maximum atomic E-state index is 8.85. The van der Waals surface area contributed by atoms with Crippen molar-refractivity contribution in [2.45, 2.75) is 33.1 Å². The van der Waals surface area contributed by atoms with Crippen LogP contribution in [-0.2, 0) is 7.05 Å². The largest absolute Gasteiger partial charge is 0.369 e. The van der Waals surface area contributed by atoms with Crippen LogP contribution in [0.1, 0.15) is 33.1 Å². The van der Waals surface area contributed by atoms with Gasteiger partial charge < -0.3 is 5.32 Å². The predicted molar refractivity (Wildman–Crippen MR) is 64.9 cm³/mol. The van der Waals surface area contributed by atoms with Crippen LogP contribution in [0.3, 0.4) is 0 Å². The SMILES string of the molecule is Cn1ccc(NCCCCC(C)(C)C#N)n1. The monoisotopic (exact) mass is 220 g/mol. The lowest BCUT2D eigenvalue weighted by Crippen LogP contribution is -2.09. The molecule has 1 N–H and O–H groups in total. The molecular weight excluding hydrogens is 200 g/mol. The van der Waals surface area contributed by atoms with Gasteiger partial charge in [0.2, 0.25) is 0 Å². The molecule has 0 saturated heterocycles. The van der Waals surface area contributed by atoms with E-state index in [1.165, 1.54) is 0 Å². The topological polar surface area (TPSA) is 53.6 Å². The minimum Gasteiger partial charge on any atom is -0.369 e. The molecular formula is C12H20N4. The van der Waals surface area contributed by atoms with Gasteiger partial charge in [-0.3, -0.25) is 4.68 Å². The number of nitrogens with zero attached hydrogens (tertiary/aromatic N) is 3. The minimum atomic E-state index is -0.189. The summed E-state index contributed by atoms with van der Waals surface area (Å²) in [7, 11) is 1.90. The van der Waals surface area contributed by atoms with Crippen molar-refractivity contribution in [2.75, 3.05) is 11.9 Å². The van der Waals surface area contributed by atoms with Crippen LogP contribution in [-0.4, -0.2) is 16.3 Å². The molecule has 1 heterocycles. The van der Waals surface area contributed by atoms with E-state index in [1.807, 2.05) is 33.2 Å². The smallest absolute Gasteiger partial charge is 0.147 e. The third kappa shape index (κ3) is 4.35. The molecule has 0 fully saturated rings. The van der Waals surface area contributed by atoms with Crippen LogP contribution >= 0.6 is 0 Å². The summed E-state index contributed by atoms with van der Waals surface area (Å²) in [6.07, 6.45) is 5.01. The van der Waals surface area contributed by atoms with Crippen LogP contribution < -0.4 is 5.32 Å². The molecule has 4 nitrogen and oxygen atoms in total. The van der Waals surface area contributed by atoms with Gasteiger partial charge in [-0.25, -0.2) is 0 Å². The number of hydrogen-bond donors (Lipinski definition) is 1. The summed E-state index contributed by atoms with van der Waals surface area (Å²) in [5.74, 6) is 0.919. The lowest BCUT2D eigenvalue weighted by atomic mass is 9.89. The van der Waals surface area contributed by atoms with E-state index in [0.29, 0.717) is 0 Å². The second kappa shape index (κ2) is 5.55. The Labute approximate surface area is 97.3 Å². The van der Waals surface area contributed by atoms with E-state index in [2.05, 4.69) is 16.5 Å². The summed E-state index contributed by atoms with van der Waals surface area (Å²) >= 11 is 0. The Balaban J connectivity index is 2.11. The summed E-state index contributed by atoms with van der Waals surface area (Å²) in [4.78, 5) is 0. The van der Waals surface area contributed by atoms with Crippen molar-refractivity contribution in [3.05, 3.63) is 12.3 Å². The molecule has 0 radical (unpaired) electrons. The third-order valence-electron chi connectivity index (χ3n) is 2.55. The van der Waals surface area contributed by atoms with Crippen LogP contribution in [0, 0.1) is 16.7 Å². The Morgan fingerprint density at radius 1 is 1.50 bits per heavy atom. The number of hydrogen-bond acceptors (Lipinski definition) is 3. The summed E-state index contributed by atoms with van der Waals surface area (Å²) in [6.45, 7) is 4.89. The van der Waals surface area contributed by atoms with Gasteiger partial charge in [0.25, 0.3) is 0 Å². The summed E-state index contributed by atoms with van der Waals surface area (Å²) in [6, 6.07) is 4.27. The minimum absolute atomic E-state index is 0.189. The first kappa shape index (κ1) is 12.6. The standard InChI is InChI=1S/C12H20N4/c1-12(2,10-13)7-4-5-8-14-11-6-9-16(3)15-11/h6,9H,4-5,7-8H2,1-3H3,(H,14,15). The van der Waals surface area contributed by atoms with Gasteiger partial charge in [-0.05, 0) is 26.7 Å². The fourth-order valence-corrected chi connectivity index (χ4v) is 1.47. The second-order valence-corrected chi connectivity index (χ2v) is 4.75. The van der Waals surface area contributed by atoms with Gasteiger partial charge in [0.15, 0.2) is 0 Å². The highest BCUT2D eigenvalue weighted by Crippen LogP contribution is 2.21. The number of aromatic nitrogens is 2. The van der Waals surface area contributed by atoms with Crippen molar-refractivity contribution < 1.29 is 0 Å². The van der Waals surface area contributed by atoms with Crippen molar-refractivity contribution >= 4 is 5.82 Å². The van der Waals surface area contributed by atoms with E-state index in [9.17, 15) is 0 Å². The van der Waals surface area contributed by atoms with E-state index >= 15 is 0 Å². The molecule has 0 aliphatic carbocycles. The van der Waals surface area contributed by atoms with Gasteiger partial charge in [0, 0.05) is 25.9 Å². The first-order chi connectivity index (χ1) is 7.53. The maximum Gasteiger partial charge on any atom is 0.147 e. The van der Waals surface area contributed by atoms with E-state index in [1.54, 1.807) is 4.68 Å². The van der Waals surface area contributed by atoms with Crippen molar-refractivity contribution in [1.82, 2.24) is 9.78 Å². The zero-order valence-corrected chi connectivity index (χ0v) is 10.3. The molecule has 0 aliphatic heterocycles. The number of aryl methyl sites for hydroxylation is 1. The van der Waals surface area contributed by atoms with Crippen LogP contribution in [0.2, 0.25) is 0 Å². The molecule has 4 heteroatoms. The zero-order valence-electron chi connectivity index (χ0n) is 10.3. The summed E-state index contributed by atoms with van der Waals surface area (Å²) < 4.78 is 1.78. The number of nitrogens with one attached hydrogen (secondary N) is 1. The average Bonchev–Trinajstić information content (AvgIpc) is 2.64. The second-order valence-electron chi connectivity index (χ2n) is 4.75. The number of nitriles is 1. The third-order valence-corrected chi connectivity index (χ3v) is 2.55. The number of rotatable bonds is 6. The normalized spacial score (nSPS) is 11.1. The molecule has 1 aromatic rings. The highest BCUT2D eigenvalue weighted by atomic mass is 15.3. The molecule has 0 aliphatic rings. The Morgan fingerprint density at radius 3 is 2.81 bits per heavy atom. The Kier molecular flexibility index (Phi) is 4.36. The first-order valence-electron chi connectivity index (χ1n) is 5.68. The molecule has 0 saturated carbocycles. The van der Waals surface area contributed by atoms with Gasteiger partial charge in [-0.2, -0.15) is 10.4 Å². The zero-order chi connectivity index (χ0) is 12.0. The van der Waals surface area contributed by atoms with Gasteiger partial charge in [-0.1, -0.05) is 6.42 Å².